The molecule has 1 amide bonds. The Balaban J connectivity index is 0.00000240. The molecule has 2 atom stereocenters. The number of aliphatic hydroxyl groups excluding tert-OH is 1. The number of anilines is 1. The highest BCUT2D eigenvalue weighted by Crippen LogP contribution is 2.30. The maximum atomic E-state index is 12.6. The highest BCUT2D eigenvalue weighted by molar-refractivity contribution is 8.00. The van der Waals surface area contributed by atoms with E-state index in [1.165, 1.54) is 22.5 Å². The molecule has 2 aromatic heterocycles. The van der Waals surface area contributed by atoms with Gasteiger partial charge in [0.25, 0.3) is 5.91 Å². The molecule has 0 aliphatic carbocycles. The molecule has 4 rings (SSSR count). The lowest BCUT2D eigenvalue weighted by molar-refractivity contribution is -0.645. The molecule has 29 heavy (non-hydrogen) atoms. The van der Waals surface area contributed by atoms with Gasteiger partial charge >= 0.3 is 5.69 Å². The van der Waals surface area contributed by atoms with Gasteiger partial charge in [0.1, 0.15) is 30.1 Å². The van der Waals surface area contributed by atoms with Crippen LogP contribution in [0.2, 0.25) is 0 Å². The summed E-state index contributed by atoms with van der Waals surface area (Å²) in [4.78, 5) is 28.9. The molecule has 1 fully saturated rings. The second-order valence-corrected chi connectivity index (χ2v) is 7.58. The summed E-state index contributed by atoms with van der Waals surface area (Å²) in [5, 5.41) is 12.7. The summed E-state index contributed by atoms with van der Waals surface area (Å²) in [6.07, 6.45) is 2.79. The number of pyridine rings is 1. The van der Waals surface area contributed by atoms with E-state index in [0.717, 1.165) is 10.9 Å². The van der Waals surface area contributed by atoms with Crippen LogP contribution in [-0.4, -0.2) is 38.4 Å². The number of carbonyl (C=O) groups excluding carboxylic acids is 1. The molecule has 2 N–H and O–H groups in total. The summed E-state index contributed by atoms with van der Waals surface area (Å²) in [6, 6.07) is 11.1. The third-order valence-electron chi connectivity index (χ3n) is 4.49. The van der Waals surface area contributed by atoms with Crippen LogP contribution < -0.4 is 39.6 Å². The zero-order valence-corrected chi connectivity index (χ0v) is 18.5. The number of carbonyl (C=O) groups is 1. The first-order chi connectivity index (χ1) is 13.5. The van der Waals surface area contributed by atoms with Crippen molar-refractivity contribution in [2.45, 2.75) is 11.7 Å². The van der Waals surface area contributed by atoms with Crippen LogP contribution in [0.5, 0.6) is 0 Å². The first-order valence-electron chi connectivity index (χ1n) is 8.72. The summed E-state index contributed by atoms with van der Waals surface area (Å²) in [6.45, 7) is -0.110. The lowest BCUT2D eigenvalue weighted by Crippen LogP contribution is -3.00. The van der Waals surface area contributed by atoms with Crippen LogP contribution in [0, 0.1) is 0 Å². The maximum Gasteiger partial charge on any atom is 0.351 e. The number of aliphatic hydroxyl groups is 1. The third-order valence-corrected chi connectivity index (χ3v) is 5.60. The number of fused-ring (bicyclic) bond motifs is 1. The predicted molar refractivity (Wildman–Crippen MR) is 105 cm³/mol. The van der Waals surface area contributed by atoms with Crippen LogP contribution in [0.1, 0.15) is 16.6 Å². The number of nitrogens with zero attached hydrogens (tertiary/aromatic N) is 3. The van der Waals surface area contributed by atoms with Gasteiger partial charge in [-0.2, -0.15) is 4.98 Å². The summed E-state index contributed by atoms with van der Waals surface area (Å²) in [5.41, 5.74) is 0.611. The van der Waals surface area contributed by atoms with Crippen LogP contribution in [-0.2, 0) is 11.8 Å². The lowest BCUT2D eigenvalue weighted by atomic mass is 10.1. The van der Waals surface area contributed by atoms with Crippen molar-refractivity contribution in [2.24, 2.45) is 7.05 Å². The fourth-order valence-corrected chi connectivity index (χ4v) is 4.04. The molecule has 10 heteroatoms. The van der Waals surface area contributed by atoms with Crippen molar-refractivity contribution < 1.29 is 43.2 Å². The fraction of sp³-hybridized carbons (Fsp3) is 0.263. The highest BCUT2D eigenvalue weighted by atomic mass is 127. The summed E-state index contributed by atoms with van der Waals surface area (Å²) in [7, 11) is 1.87. The van der Waals surface area contributed by atoms with Crippen molar-refractivity contribution >= 4 is 34.4 Å². The Bertz CT molecular complexity index is 1110. The molecular formula is C19H19IN4O4S. The number of benzene rings is 1. The minimum atomic E-state index is -0.522. The lowest BCUT2D eigenvalue weighted by Gasteiger charge is -2.14. The average molecular weight is 526 g/mol. The molecular weight excluding hydrogens is 507 g/mol. The quantitative estimate of drug-likeness (QED) is 0.304. The van der Waals surface area contributed by atoms with Gasteiger partial charge in [-0.1, -0.05) is 12.1 Å². The van der Waals surface area contributed by atoms with Gasteiger partial charge in [-0.15, -0.1) is 11.8 Å². The number of nitrogens with one attached hydrogen (secondary N) is 1. The van der Waals surface area contributed by atoms with Crippen LogP contribution in [0.15, 0.2) is 53.6 Å². The molecule has 0 radical (unpaired) electrons. The Morgan fingerprint density at radius 3 is 2.93 bits per heavy atom. The number of hydrogen-bond acceptors (Lipinski definition) is 6. The van der Waals surface area contributed by atoms with Crippen molar-refractivity contribution in [3.63, 3.8) is 0 Å². The number of thioether (sulfide) groups is 1. The molecule has 0 bridgehead atoms. The number of rotatable bonds is 4. The van der Waals surface area contributed by atoms with Gasteiger partial charge in [0, 0.05) is 23.4 Å². The highest BCUT2D eigenvalue weighted by Gasteiger charge is 2.27. The summed E-state index contributed by atoms with van der Waals surface area (Å²) >= 11 is 1.44. The zero-order valence-electron chi connectivity index (χ0n) is 15.5. The van der Waals surface area contributed by atoms with Crippen LogP contribution >= 0.6 is 11.8 Å². The third kappa shape index (κ3) is 4.60. The van der Waals surface area contributed by atoms with Gasteiger partial charge in [0.15, 0.2) is 6.20 Å². The van der Waals surface area contributed by atoms with Crippen molar-refractivity contribution in [1.29, 1.82) is 0 Å². The minimum absolute atomic E-state index is 0. The number of aromatic nitrogens is 3. The summed E-state index contributed by atoms with van der Waals surface area (Å²) in [5.74, 6) is 0.372. The maximum absolute atomic E-state index is 12.6. The molecule has 3 heterocycles. The number of aryl methyl sites for hydroxylation is 1. The molecule has 1 aliphatic rings. The molecule has 0 saturated carbocycles. The van der Waals surface area contributed by atoms with Gasteiger partial charge in [0.2, 0.25) is 5.52 Å². The van der Waals surface area contributed by atoms with Gasteiger partial charge in [-0.05, 0) is 18.2 Å². The van der Waals surface area contributed by atoms with Crippen LogP contribution in [0.25, 0.3) is 10.9 Å². The first-order valence-corrected chi connectivity index (χ1v) is 9.77. The van der Waals surface area contributed by atoms with Gasteiger partial charge in [-0.25, -0.2) is 9.36 Å². The van der Waals surface area contributed by atoms with Crippen LogP contribution in [0.3, 0.4) is 0 Å². The van der Waals surface area contributed by atoms with Gasteiger partial charge in [0.05, 0.1) is 6.61 Å². The van der Waals surface area contributed by atoms with Crippen LogP contribution in [0.4, 0.5) is 5.82 Å². The molecule has 1 saturated heterocycles. The SMILES string of the molecule is C[n+]1cc(C(=O)Nc2ccn(C3CSC(CO)O3)c(=O)n2)cc2ccccc21.[I-]. The molecule has 1 aliphatic heterocycles. The number of ether oxygens (including phenoxy) is 1. The van der Waals surface area contributed by atoms with E-state index >= 15 is 0 Å². The zero-order chi connectivity index (χ0) is 19.7. The summed E-state index contributed by atoms with van der Waals surface area (Å²) < 4.78 is 8.80. The number of amides is 1. The van der Waals surface area contributed by atoms with Crippen molar-refractivity contribution in [1.82, 2.24) is 9.55 Å². The Labute approximate surface area is 187 Å². The van der Waals surface area contributed by atoms with Gasteiger partial charge in [-0.3, -0.25) is 9.36 Å². The first kappa shape index (κ1) is 21.7. The molecule has 1 aromatic carbocycles. The van der Waals surface area contributed by atoms with Gasteiger partial charge < -0.3 is 39.1 Å². The number of hydrogen-bond donors (Lipinski definition) is 2. The van der Waals surface area contributed by atoms with E-state index in [9.17, 15) is 9.59 Å². The molecule has 8 nitrogen and oxygen atoms in total. The molecule has 152 valence electrons. The fourth-order valence-electron chi connectivity index (χ4n) is 3.11. The van der Waals surface area contributed by atoms with E-state index in [1.807, 2.05) is 35.9 Å². The largest absolute Gasteiger partial charge is 1.00 e. The number of halogens is 1. The van der Waals surface area contributed by atoms with Crippen molar-refractivity contribution in [3.8, 4) is 0 Å². The van der Waals surface area contributed by atoms with Crippen molar-refractivity contribution in [2.75, 3.05) is 17.7 Å². The second kappa shape index (κ2) is 9.20. The van der Waals surface area contributed by atoms with E-state index in [1.54, 1.807) is 18.3 Å². The Kier molecular flexibility index (Phi) is 6.88. The van der Waals surface area contributed by atoms with E-state index in [-0.39, 0.29) is 47.7 Å². The Morgan fingerprint density at radius 2 is 2.21 bits per heavy atom. The Morgan fingerprint density at radius 1 is 1.41 bits per heavy atom. The van der Waals surface area contributed by atoms with E-state index in [4.69, 9.17) is 9.84 Å². The molecule has 3 aromatic rings. The topological polar surface area (TPSA) is 97.3 Å². The average Bonchev–Trinajstić information content (AvgIpc) is 3.17. The predicted octanol–water partition coefficient (Wildman–Crippen LogP) is -1.94. The monoisotopic (exact) mass is 526 g/mol. The smallest absolute Gasteiger partial charge is 0.351 e. The Hall–Kier alpha value is -2.02. The minimum Gasteiger partial charge on any atom is -1.00 e. The van der Waals surface area contributed by atoms with E-state index in [0.29, 0.717) is 11.3 Å². The second-order valence-electron chi connectivity index (χ2n) is 6.39. The van der Waals surface area contributed by atoms with E-state index in [2.05, 4.69) is 10.3 Å². The molecule has 2 unspecified atom stereocenters. The molecule has 0 spiro atoms. The van der Waals surface area contributed by atoms with Crippen molar-refractivity contribution in [3.05, 3.63) is 64.8 Å². The normalized spacial score (nSPS) is 18.4. The van der Waals surface area contributed by atoms with E-state index < -0.39 is 11.9 Å². The number of para-hydroxylation sites is 1. The standard InChI is InChI=1S/C19H18N4O4S.HI/c1-22-9-13(8-12-4-2-3-5-14(12)22)18(25)20-15-6-7-23(19(26)21-15)16-11-28-17(10-24)27-16;/h2-9,16-17,24H,10-11H2,1H3;1H.